The van der Waals surface area contributed by atoms with Crippen molar-refractivity contribution in [3.8, 4) is 0 Å². The molecule has 2 heteroatoms. The van der Waals surface area contributed by atoms with Crippen LogP contribution in [0.15, 0.2) is 11.6 Å². The molecule has 0 saturated carbocycles. The Morgan fingerprint density at radius 1 is 1.50 bits per heavy atom. The average Bonchev–Trinajstić information content (AvgIpc) is 2.40. The van der Waals surface area contributed by atoms with Gasteiger partial charge in [0.05, 0.1) is 0 Å². The molecule has 0 amide bonds. The molecule has 0 atom stereocenters. The molecule has 0 aliphatic rings. The quantitative estimate of drug-likeness (QED) is 0.661. The zero-order valence-corrected chi connectivity index (χ0v) is 10.8. The highest BCUT2D eigenvalue weighted by atomic mass is 35.5. The summed E-state index contributed by atoms with van der Waals surface area (Å²) in [5.41, 5.74) is 2.64. The van der Waals surface area contributed by atoms with Gasteiger partial charge in [-0.05, 0) is 31.4 Å². The summed E-state index contributed by atoms with van der Waals surface area (Å²) in [5.74, 6) is 1.17. The molecule has 14 heavy (non-hydrogen) atoms. The van der Waals surface area contributed by atoms with Crippen LogP contribution in [0.5, 0.6) is 0 Å². The molecule has 0 saturated heterocycles. The minimum atomic E-state index is 0.534. The van der Waals surface area contributed by atoms with E-state index in [9.17, 15) is 0 Å². The van der Waals surface area contributed by atoms with Crippen LogP contribution >= 0.6 is 22.9 Å². The van der Waals surface area contributed by atoms with Crippen LogP contribution in [0.2, 0.25) is 0 Å². The van der Waals surface area contributed by atoms with Crippen LogP contribution < -0.4 is 0 Å². The van der Waals surface area contributed by atoms with Gasteiger partial charge in [0.1, 0.15) is 0 Å². The van der Waals surface area contributed by atoms with Crippen molar-refractivity contribution < 1.29 is 0 Å². The topological polar surface area (TPSA) is 0 Å². The standard InChI is InChI=1S/C12H17ClS/c1-8(2)12(7-13)6-11-5-9(3)14-10(11)4/h5-6,8H,7H2,1-4H3. The largest absolute Gasteiger partial charge is 0.145 e. The summed E-state index contributed by atoms with van der Waals surface area (Å²) >= 11 is 7.75. The zero-order valence-electron chi connectivity index (χ0n) is 9.23. The first-order valence-corrected chi connectivity index (χ1v) is 6.23. The molecule has 1 rings (SSSR count). The molecule has 0 fully saturated rings. The van der Waals surface area contributed by atoms with Crippen LogP contribution in [-0.2, 0) is 0 Å². The molecule has 0 nitrogen and oxygen atoms in total. The Morgan fingerprint density at radius 2 is 2.14 bits per heavy atom. The summed E-state index contributed by atoms with van der Waals surface area (Å²) in [5, 5.41) is 0. The maximum absolute atomic E-state index is 5.91. The third kappa shape index (κ3) is 2.86. The summed E-state index contributed by atoms with van der Waals surface area (Å²) in [6, 6.07) is 2.23. The van der Waals surface area contributed by atoms with Gasteiger partial charge in [0, 0.05) is 15.6 Å². The summed E-state index contributed by atoms with van der Waals surface area (Å²) in [6.45, 7) is 8.67. The van der Waals surface area contributed by atoms with Gasteiger partial charge in [0.2, 0.25) is 0 Å². The van der Waals surface area contributed by atoms with E-state index in [0.29, 0.717) is 11.8 Å². The van der Waals surface area contributed by atoms with Crippen molar-refractivity contribution in [1.82, 2.24) is 0 Å². The fraction of sp³-hybridized carbons (Fsp3) is 0.500. The molecule has 0 spiro atoms. The van der Waals surface area contributed by atoms with Gasteiger partial charge in [-0.2, -0.15) is 0 Å². The van der Waals surface area contributed by atoms with Crippen LogP contribution in [0.1, 0.15) is 29.2 Å². The van der Waals surface area contributed by atoms with E-state index >= 15 is 0 Å². The normalized spacial score (nSPS) is 12.6. The molecule has 0 unspecified atom stereocenters. The molecule has 0 radical (unpaired) electrons. The summed E-state index contributed by atoms with van der Waals surface area (Å²) in [7, 11) is 0. The van der Waals surface area contributed by atoms with Crippen LogP contribution in [0.25, 0.3) is 6.08 Å². The smallest absolute Gasteiger partial charge is 0.0439 e. The average molecular weight is 229 g/mol. The number of alkyl halides is 1. The number of hydrogen-bond acceptors (Lipinski definition) is 1. The molecule has 0 aliphatic heterocycles. The van der Waals surface area contributed by atoms with E-state index < -0.39 is 0 Å². The van der Waals surface area contributed by atoms with E-state index in [1.165, 1.54) is 20.9 Å². The van der Waals surface area contributed by atoms with Crippen LogP contribution in [0, 0.1) is 19.8 Å². The molecule has 78 valence electrons. The monoisotopic (exact) mass is 228 g/mol. The molecule has 0 aromatic carbocycles. The summed E-state index contributed by atoms with van der Waals surface area (Å²) < 4.78 is 0. The Hall–Kier alpha value is -0.270. The SMILES string of the molecule is Cc1cc(C=C(CCl)C(C)C)c(C)s1. The van der Waals surface area contributed by atoms with Gasteiger partial charge in [-0.15, -0.1) is 22.9 Å². The number of aryl methyl sites for hydroxylation is 2. The van der Waals surface area contributed by atoms with Gasteiger partial charge >= 0.3 is 0 Å². The highest BCUT2D eigenvalue weighted by Gasteiger charge is 2.05. The van der Waals surface area contributed by atoms with Gasteiger partial charge in [-0.25, -0.2) is 0 Å². The Morgan fingerprint density at radius 3 is 2.50 bits per heavy atom. The maximum atomic E-state index is 5.91. The van der Waals surface area contributed by atoms with E-state index in [-0.39, 0.29) is 0 Å². The van der Waals surface area contributed by atoms with Crippen molar-refractivity contribution in [2.75, 3.05) is 5.88 Å². The van der Waals surface area contributed by atoms with Gasteiger partial charge in [-0.1, -0.05) is 25.5 Å². The molecule has 1 aromatic rings. The van der Waals surface area contributed by atoms with Crippen LogP contribution in [-0.4, -0.2) is 5.88 Å². The number of halogens is 1. The van der Waals surface area contributed by atoms with Gasteiger partial charge < -0.3 is 0 Å². The summed E-state index contributed by atoms with van der Waals surface area (Å²) in [4.78, 5) is 2.75. The van der Waals surface area contributed by atoms with Gasteiger partial charge in [-0.3, -0.25) is 0 Å². The molecule has 1 aromatic heterocycles. The van der Waals surface area contributed by atoms with E-state index in [1.54, 1.807) is 0 Å². The van der Waals surface area contributed by atoms with E-state index in [0.717, 1.165) is 0 Å². The molecule has 1 heterocycles. The first kappa shape index (κ1) is 11.8. The Bertz CT molecular complexity index is 334. The highest BCUT2D eigenvalue weighted by molar-refractivity contribution is 7.12. The molecule has 0 bridgehead atoms. The van der Waals surface area contributed by atoms with Crippen molar-refractivity contribution in [3.63, 3.8) is 0 Å². The predicted molar refractivity (Wildman–Crippen MR) is 67.3 cm³/mol. The maximum Gasteiger partial charge on any atom is 0.0439 e. The minimum Gasteiger partial charge on any atom is -0.145 e. The fourth-order valence-corrected chi connectivity index (χ4v) is 2.64. The van der Waals surface area contributed by atoms with Crippen molar-refractivity contribution >= 4 is 29.0 Å². The highest BCUT2D eigenvalue weighted by Crippen LogP contribution is 2.25. The lowest BCUT2D eigenvalue weighted by molar-refractivity contribution is 0.778. The summed E-state index contributed by atoms with van der Waals surface area (Å²) in [6.07, 6.45) is 2.23. The lowest BCUT2D eigenvalue weighted by Gasteiger charge is -2.07. The second-order valence-corrected chi connectivity index (χ2v) is 5.60. The van der Waals surface area contributed by atoms with Crippen molar-refractivity contribution in [3.05, 3.63) is 27.0 Å². The second-order valence-electron chi connectivity index (χ2n) is 3.88. The Labute approximate surface area is 95.6 Å². The van der Waals surface area contributed by atoms with E-state index in [1.807, 2.05) is 11.3 Å². The lowest BCUT2D eigenvalue weighted by atomic mass is 10.0. The molecular formula is C12H17ClS. The van der Waals surface area contributed by atoms with Crippen LogP contribution in [0.3, 0.4) is 0 Å². The number of thiophene rings is 1. The number of hydrogen-bond donors (Lipinski definition) is 0. The first-order chi connectivity index (χ1) is 6.54. The first-order valence-electron chi connectivity index (χ1n) is 4.88. The molecule has 0 N–H and O–H groups in total. The Balaban J connectivity index is 3.00. The van der Waals surface area contributed by atoms with Crippen LogP contribution in [0.4, 0.5) is 0 Å². The predicted octanol–water partition coefficient (Wildman–Crippen LogP) is 4.64. The molecular weight excluding hydrogens is 212 g/mol. The lowest BCUT2D eigenvalue weighted by Crippen LogP contribution is -1.94. The number of allylic oxidation sites excluding steroid dienone is 1. The fourth-order valence-electron chi connectivity index (χ4n) is 1.35. The van der Waals surface area contributed by atoms with Crippen molar-refractivity contribution in [2.45, 2.75) is 27.7 Å². The third-order valence-corrected chi connectivity index (χ3v) is 3.61. The molecule has 0 aliphatic carbocycles. The van der Waals surface area contributed by atoms with Gasteiger partial charge in [0.25, 0.3) is 0 Å². The second kappa shape index (κ2) is 4.99. The van der Waals surface area contributed by atoms with E-state index in [4.69, 9.17) is 11.6 Å². The van der Waals surface area contributed by atoms with E-state index in [2.05, 4.69) is 39.8 Å². The Kier molecular flexibility index (Phi) is 4.21. The van der Waals surface area contributed by atoms with Crippen molar-refractivity contribution in [1.29, 1.82) is 0 Å². The zero-order chi connectivity index (χ0) is 10.7. The number of rotatable bonds is 3. The van der Waals surface area contributed by atoms with Crippen molar-refractivity contribution in [2.24, 2.45) is 5.92 Å². The third-order valence-electron chi connectivity index (χ3n) is 2.32. The minimum absolute atomic E-state index is 0.534. The van der Waals surface area contributed by atoms with Gasteiger partial charge in [0.15, 0.2) is 0 Å².